The fourth-order valence-corrected chi connectivity index (χ4v) is 2.27. The Morgan fingerprint density at radius 3 is 1.46 bits per heavy atom. The molecule has 0 radical (unpaired) electrons. The minimum atomic E-state index is -0.744. The van der Waals surface area contributed by atoms with Gasteiger partial charge in [-0.15, -0.1) is 0 Å². The lowest BCUT2D eigenvalue weighted by Gasteiger charge is -2.18. The Hall–Kier alpha value is -2.37. The van der Waals surface area contributed by atoms with Crippen LogP contribution in [0.1, 0.15) is 23.3 Å². The van der Waals surface area contributed by atoms with Crippen molar-refractivity contribution in [2.45, 2.75) is 12.2 Å². The van der Waals surface area contributed by atoms with Crippen LogP contribution in [0.4, 0.5) is 4.79 Å². The summed E-state index contributed by atoms with van der Waals surface area (Å²) < 4.78 is 21.0. The zero-order valence-corrected chi connectivity index (χ0v) is 13.9. The molecule has 5 heteroatoms. The van der Waals surface area contributed by atoms with Gasteiger partial charge in [0.05, 0.1) is 0 Å². The maximum absolute atomic E-state index is 11.8. The van der Waals surface area contributed by atoms with Crippen molar-refractivity contribution in [3.63, 3.8) is 0 Å². The van der Waals surface area contributed by atoms with Gasteiger partial charge in [-0.2, -0.15) is 0 Å². The van der Waals surface area contributed by atoms with Crippen molar-refractivity contribution in [2.75, 3.05) is 27.4 Å². The second-order valence-electron chi connectivity index (χ2n) is 5.14. The standard InChI is InChI=1S/C19H22O5/c1-21-17(15-9-5-3-6-10-15)13-23-19(20)24-14-18(22-2)16-11-7-4-8-12-16/h3-12,17-18H,13-14H2,1-2H3. The van der Waals surface area contributed by atoms with Crippen LogP contribution in [-0.2, 0) is 18.9 Å². The van der Waals surface area contributed by atoms with E-state index in [1.165, 1.54) is 0 Å². The third-order valence-electron chi connectivity index (χ3n) is 3.62. The van der Waals surface area contributed by atoms with Gasteiger partial charge in [0.25, 0.3) is 0 Å². The van der Waals surface area contributed by atoms with E-state index in [1.54, 1.807) is 14.2 Å². The van der Waals surface area contributed by atoms with Gasteiger partial charge in [0.2, 0.25) is 0 Å². The molecule has 5 nitrogen and oxygen atoms in total. The highest BCUT2D eigenvalue weighted by Crippen LogP contribution is 2.18. The Balaban J connectivity index is 1.80. The highest BCUT2D eigenvalue weighted by atomic mass is 16.7. The van der Waals surface area contributed by atoms with Crippen LogP contribution >= 0.6 is 0 Å². The molecule has 0 aromatic heterocycles. The van der Waals surface area contributed by atoms with Gasteiger partial charge in [0, 0.05) is 14.2 Å². The largest absolute Gasteiger partial charge is 0.508 e. The highest BCUT2D eigenvalue weighted by molar-refractivity contribution is 5.59. The van der Waals surface area contributed by atoms with Gasteiger partial charge in [0.1, 0.15) is 25.4 Å². The van der Waals surface area contributed by atoms with Gasteiger partial charge in [-0.05, 0) is 11.1 Å². The summed E-state index contributed by atoms with van der Waals surface area (Å²) in [5, 5.41) is 0. The first-order valence-corrected chi connectivity index (χ1v) is 7.69. The summed E-state index contributed by atoms with van der Waals surface area (Å²) in [6.07, 6.45) is -1.40. The Morgan fingerprint density at radius 2 is 1.12 bits per heavy atom. The summed E-state index contributed by atoms with van der Waals surface area (Å²) in [7, 11) is 3.14. The molecule has 0 amide bonds. The van der Waals surface area contributed by atoms with Crippen molar-refractivity contribution in [3.05, 3.63) is 71.8 Å². The molecule has 0 heterocycles. The van der Waals surface area contributed by atoms with Crippen molar-refractivity contribution < 1.29 is 23.7 Å². The Morgan fingerprint density at radius 1 is 0.750 bits per heavy atom. The lowest BCUT2D eigenvalue weighted by atomic mass is 10.1. The van der Waals surface area contributed by atoms with Crippen LogP contribution < -0.4 is 0 Å². The Bertz CT molecular complexity index is 546. The SMILES string of the molecule is COC(COC(=O)OCC(OC)c1ccccc1)c1ccccc1. The minimum Gasteiger partial charge on any atom is -0.431 e. The molecule has 0 spiro atoms. The van der Waals surface area contributed by atoms with E-state index in [9.17, 15) is 4.79 Å². The summed E-state index contributed by atoms with van der Waals surface area (Å²) in [6, 6.07) is 19.1. The van der Waals surface area contributed by atoms with E-state index in [-0.39, 0.29) is 25.4 Å². The molecule has 2 rings (SSSR count). The number of rotatable bonds is 8. The number of benzene rings is 2. The first-order chi connectivity index (χ1) is 11.7. The molecule has 0 aliphatic heterocycles. The normalized spacial score (nSPS) is 13.1. The lowest BCUT2D eigenvalue weighted by molar-refractivity contribution is -0.0214. The zero-order chi connectivity index (χ0) is 17.2. The van der Waals surface area contributed by atoms with E-state index >= 15 is 0 Å². The quantitative estimate of drug-likeness (QED) is 0.687. The number of carbonyl (C=O) groups is 1. The Kier molecular flexibility index (Phi) is 7.26. The van der Waals surface area contributed by atoms with Crippen molar-refractivity contribution in [1.82, 2.24) is 0 Å². The molecule has 0 bridgehead atoms. The predicted octanol–water partition coefficient (Wildman–Crippen LogP) is 3.92. The van der Waals surface area contributed by atoms with E-state index in [0.29, 0.717) is 0 Å². The first kappa shape index (κ1) is 18.0. The second-order valence-corrected chi connectivity index (χ2v) is 5.14. The molecule has 2 atom stereocenters. The second kappa shape index (κ2) is 9.70. The third kappa shape index (κ3) is 5.37. The van der Waals surface area contributed by atoms with Crippen LogP contribution in [0.2, 0.25) is 0 Å². The maximum atomic E-state index is 11.8. The molecule has 0 aliphatic rings. The minimum absolute atomic E-state index is 0.0856. The van der Waals surface area contributed by atoms with Crippen molar-refractivity contribution in [2.24, 2.45) is 0 Å². The molecule has 2 unspecified atom stereocenters. The van der Waals surface area contributed by atoms with Crippen molar-refractivity contribution >= 4 is 6.16 Å². The topological polar surface area (TPSA) is 54.0 Å². The average Bonchev–Trinajstić information content (AvgIpc) is 2.64. The van der Waals surface area contributed by atoms with Gasteiger partial charge in [-0.1, -0.05) is 60.7 Å². The zero-order valence-electron chi connectivity index (χ0n) is 13.9. The van der Waals surface area contributed by atoms with Gasteiger partial charge in [-0.3, -0.25) is 0 Å². The molecule has 2 aromatic rings. The van der Waals surface area contributed by atoms with E-state index in [2.05, 4.69) is 0 Å². The van der Waals surface area contributed by atoms with Crippen molar-refractivity contribution in [3.8, 4) is 0 Å². The smallest absolute Gasteiger partial charge is 0.431 e. The molecule has 128 valence electrons. The first-order valence-electron chi connectivity index (χ1n) is 7.69. The van der Waals surface area contributed by atoms with E-state index in [4.69, 9.17) is 18.9 Å². The average molecular weight is 330 g/mol. The molecule has 0 fully saturated rings. The van der Waals surface area contributed by atoms with Crippen LogP contribution in [0.5, 0.6) is 0 Å². The molecule has 0 N–H and O–H groups in total. The van der Waals surface area contributed by atoms with Gasteiger partial charge in [0.15, 0.2) is 0 Å². The number of ether oxygens (including phenoxy) is 4. The summed E-state index contributed by atoms with van der Waals surface area (Å²) >= 11 is 0. The lowest BCUT2D eigenvalue weighted by Crippen LogP contribution is -2.18. The van der Waals surface area contributed by atoms with E-state index in [0.717, 1.165) is 11.1 Å². The number of methoxy groups -OCH3 is 2. The summed E-state index contributed by atoms with van der Waals surface area (Å²) in [6.45, 7) is 0.171. The molecule has 0 aliphatic carbocycles. The van der Waals surface area contributed by atoms with E-state index in [1.807, 2.05) is 60.7 Å². The van der Waals surface area contributed by atoms with Crippen LogP contribution in [0.3, 0.4) is 0 Å². The van der Waals surface area contributed by atoms with Crippen LogP contribution in [0.25, 0.3) is 0 Å². The Labute approximate surface area is 142 Å². The van der Waals surface area contributed by atoms with Gasteiger partial charge in [-0.25, -0.2) is 4.79 Å². The fourth-order valence-electron chi connectivity index (χ4n) is 2.27. The summed E-state index contributed by atoms with van der Waals surface area (Å²) in [4.78, 5) is 11.8. The molecular weight excluding hydrogens is 308 g/mol. The van der Waals surface area contributed by atoms with E-state index < -0.39 is 6.16 Å². The van der Waals surface area contributed by atoms with Gasteiger partial charge < -0.3 is 18.9 Å². The summed E-state index contributed by atoms with van der Waals surface area (Å²) in [5.41, 5.74) is 1.87. The number of hydrogen-bond acceptors (Lipinski definition) is 5. The molecule has 24 heavy (non-hydrogen) atoms. The number of hydrogen-bond donors (Lipinski definition) is 0. The monoisotopic (exact) mass is 330 g/mol. The summed E-state index contributed by atoms with van der Waals surface area (Å²) in [5.74, 6) is 0. The maximum Gasteiger partial charge on any atom is 0.508 e. The van der Waals surface area contributed by atoms with Crippen LogP contribution in [0, 0.1) is 0 Å². The number of carbonyl (C=O) groups excluding carboxylic acids is 1. The fraction of sp³-hybridized carbons (Fsp3) is 0.316. The highest BCUT2D eigenvalue weighted by Gasteiger charge is 2.17. The third-order valence-corrected chi connectivity index (χ3v) is 3.62. The predicted molar refractivity (Wildman–Crippen MR) is 89.7 cm³/mol. The molecular formula is C19H22O5. The van der Waals surface area contributed by atoms with Crippen LogP contribution in [-0.4, -0.2) is 33.6 Å². The van der Waals surface area contributed by atoms with Gasteiger partial charge >= 0.3 is 6.16 Å². The molecule has 0 saturated carbocycles. The molecule has 2 aromatic carbocycles. The van der Waals surface area contributed by atoms with Crippen LogP contribution in [0.15, 0.2) is 60.7 Å². The molecule has 0 saturated heterocycles. The van der Waals surface area contributed by atoms with Crippen molar-refractivity contribution in [1.29, 1.82) is 0 Å².